The average Bonchev–Trinajstić information content (AvgIpc) is 1.63. The maximum absolute atomic E-state index is 9.78. The van der Waals surface area contributed by atoms with Crippen molar-refractivity contribution in [2.45, 2.75) is 20.3 Å². The Morgan fingerprint density at radius 3 is 2.40 bits per heavy atom. The molecule has 0 N–H and O–H groups in total. The van der Waals surface area contributed by atoms with Gasteiger partial charge in [0, 0.05) is 0 Å². The smallest absolute Gasteiger partial charge is 0.545 e. The zero-order valence-corrected chi connectivity index (χ0v) is 6.76. The van der Waals surface area contributed by atoms with Crippen molar-refractivity contribution >= 4 is 5.97 Å². The van der Waals surface area contributed by atoms with Crippen molar-refractivity contribution in [1.82, 2.24) is 0 Å². The van der Waals surface area contributed by atoms with E-state index < -0.39 is 5.97 Å². The van der Waals surface area contributed by atoms with E-state index in [2.05, 4.69) is 0 Å². The maximum Gasteiger partial charge on any atom is 1.00 e. The molecule has 0 aliphatic rings. The van der Waals surface area contributed by atoms with Crippen LogP contribution in [0.1, 0.15) is 20.3 Å². The van der Waals surface area contributed by atoms with Crippen LogP contribution in [0.3, 0.4) is 0 Å². The average molecular weight is 134 g/mol. The van der Waals surface area contributed by atoms with E-state index in [-0.39, 0.29) is 18.9 Å². The van der Waals surface area contributed by atoms with Crippen LogP contribution in [0, 0.1) is 5.92 Å². The van der Waals surface area contributed by atoms with E-state index in [0.29, 0.717) is 5.92 Å². The van der Waals surface area contributed by atoms with Crippen LogP contribution in [0.25, 0.3) is 0 Å². The van der Waals surface area contributed by atoms with Crippen molar-refractivity contribution in [2.24, 2.45) is 5.92 Å². The van der Waals surface area contributed by atoms with Crippen LogP contribution < -0.4 is 24.0 Å². The van der Waals surface area contributed by atoms with Crippen molar-refractivity contribution < 1.29 is 28.8 Å². The third-order valence-corrected chi connectivity index (χ3v) is 0.861. The second-order valence-electron chi connectivity index (χ2n) is 2.35. The predicted molar refractivity (Wildman–Crippen MR) is 33.6 cm³/mol. The van der Waals surface area contributed by atoms with Crippen molar-refractivity contribution in [2.75, 3.05) is 0 Å². The molecule has 0 aromatic heterocycles. The van der Waals surface area contributed by atoms with Gasteiger partial charge in [-0.2, -0.15) is 0 Å². The zero-order chi connectivity index (χ0) is 7.28. The Balaban J connectivity index is 0. The third kappa shape index (κ3) is 10.7. The van der Waals surface area contributed by atoms with Crippen LogP contribution in [0.4, 0.5) is 0 Å². The van der Waals surface area contributed by atoms with Gasteiger partial charge in [-0.25, -0.2) is 0 Å². The summed E-state index contributed by atoms with van der Waals surface area (Å²) in [5.41, 5.74) is 0. The van der Waals surface area contributed by atoms with Gasteiger partial charge in [-0.05, 0) is 18.4 Å². The normalized spacial score (nSPS) is 9.90. The fourth-order valence-electron chi connectivity index (χ4n) is 0.436. The molecule has 0 spiro atoms. The molecule has 0 rings (SSSR count). The fraction of sp³-hybridized carbons (Fsp3) is 0.571. The minimum atomic E-state index is -1.12. The van der Waals surface area contributed by atoms with Crippen LogP contribution in [0.5, 0.6) is 0 Å². The first kappa shape index (κ1) is 12.5. The van der Waals surface area contributed by atoms with Crippen molar-refractivity contribution in [3.8, 4) is 0 Å². The van der Waals surface area contributed by atoms with Gasteiger partial charge in [0.15, 0.2) is 0 Å². The molecule has 10 heavy (non-hydrogen) atoms. The van der Waals surface area contributed by atoms with E-state index >= 15 is 0 Å². The predicted octanol–water partition coefficient (Wildman–Crippen LogP) is -2.66. The van der Waals surface area contributed by atoms with Gasteiger partial charge in [0.1, 0.15) is 0 Å². The molecular formula is C7H11LiO2. The van der Waals surface area contributed by atoms with Gasteiger partial charge in [0.2, 0.25) is 0 Å². The summed E-state index contributed by atoms with van der Waals surface area (Å²) >= 11 is 0. The van der Waals surface area contributed by atoms with Crippen molar-refractivity contribution in [3.05, 3.63) is 12.2 Å². The summed E-state index contributed by atoms with van der Waals surface area (Å²) in [6.07, 6.45) is 3.48. The summed E-state index contributed by atoms with van der Waals surface area (Å²) in [6, 6.07) is 0. The number of carbonyl (C=O) groups is 1. The molecule has 0 saturated carbocycles. The van der Waals surface area contributed by atoms with Crippen LogP contribution in [0.2, 0.25) is 0 Å². The summed E-state index contributed by atoms with van der Waals surface area (Å²) in [4.78, 5) is 9.78. The van der Waals surface area contributed by atoms with Crippen LogP contribution in [-0.4, -0.2) is 5.97 Å². The first-order valence-electron chi connectivity index (χ1n) is 3.00. The van der Waals surface area contributed by atoms with E-state index in [1.54, 1.807) is 6.08 Å². The minimum Gasteiger partial charge on any atom is -0.545 e. The standard InChI is InChI=1S/C7H12O2.Li/c1-6(2)4-3-5-7(8)9;/h3,5-6H,4H2,1-2H3,(H,8,9);/q;+1/p-1/b5-3+;. The van der Waals surface area contributed by atoms with Crippen LogP contribution in [-0.2, 0) is 4.79 Å². The van der Waals surface area contributed by atoms with Crippen LogP contribution in [0.15, 0.2) is 12.2 Å². The first-order valence-corrected chi connectivity index (χ1v) is 3.00. The van der Waals surface area contributed by atoms with E-state index in [9.17, 15) is 9.90 Å². The Morgan fingerprint density at radius 2 is 2.10 bits per heavy atom. The van der Waals surface area contributed by atoms with E-state index in [0.717, 1.165) is 12.5 Å². The molecule has 0 atom stereocenters. The Hall–Kier alpha value is -0.193. The van der Waals surface area contributed by atoms with Gasteiger partial charge >= 0.3 is 18.9 Å². The summed E-state index contributed by atoms with van der Waals surface area (Å²) in [5, 5.41) is 9.78. The maximum atomic E-state index is 9.78. The summed E-state index contributed by atoms with van der Waals surface area (Å²) < 4.78 is 0. The largest absolute Gasteiger partial charge is 1.00 e. The number of allylic oxidation sites excluding steroid dienone is 1. The number of aliphatic carboxylic acids is 1. The topological polar surface area (TPSA) is 40.1 Å². The Morgan fingerprint density at radius 1 is 1.60 bits per heavy atom. The molecule has 0 aliphatic heterocycles. The van der Waals surface area contributed by atoms with E-state index in [1.165, 1.54) is 0 Å². The van der Waals surface area contributed by atoms with Gasteiger partial charge in [-0.15, -0.1) is 0 Å². The number of rotatable bonds is 3. The number of carboxylic acids is 1. The van der Waals surface area contributed by atoms with Crippen molar-refractivity contribution in [1.29, 1.82) is 0 Å². The van der Waals surface area contributed by atoms with E-state index in [4.69, 9.17) is 0 Å². The van der Waals surface area contributed by atoms with Gasteiger partial charge in [0.05, 0.1) is 5.97 Å². The molecule has 0 saturated heterocycles. The second-order valence-corrected chi connectivity index (χ2v) is 2.35. The zero-order valence-electron chi connectivity index (χ0n) is 6.76. The quantitative estimate of drug-likeness (QED) is 0.312. The molecule has 0 aromatic rings. The molecule has 0 aromatic carbocycles. The number of hydrogen-bond donors (Lipinski definition) is 0. The monoisotopic (exact) mass is 134 g/mol. The molecule has 0 amide bonds. The van der Waals surface area contributed by atoms with Gasteiger partial charge in [-0.1, -0.05) is 19.9 Å². The second kappa shape index (κ2) is 6.92. The molecule has 3 heteroatoms. The Kier molecular flexibility index (Phi) is 8.64. The van der Waals surface area contributed by atoms with Crippen LogP contribution >= 0.6 is 0 Å². The number of carboxylic acid groups (broad SMARTS) is 1. The SMILES string of the molecule is CC(C)C/C=C/C(=O)[O-].[Li+]. The molecule has 0 aliphatic carbocycles. The molecule has 0 fully saturated rings. The third-order valence-electron chi connectivity index (χ3n) is 0.861. The molecular weight excluding hydrogens is 123 g/mol. The number of hydrogen-bond acceptors (Lipinski definition) is 2. The Bertz CT molecular complexity index is 119. The fourth-order valence-corrected chi connectivity index (χ4v) is 0.436. The Labute approximate surface area is 73.5 Å². The summed E-state index contributed by atoms with van der Waals surface area (Å²) in [6.45, 7) is 4.05. The first-order chi connectivity index (χ1) is 4.13. The number of carbonyl (C=O) groups excluding carboxylic acids is 1. The molecule has 0 unspecified atom stereocenters. The van der Waals surface area contributed by atoms with E-state index in [1.807, 2.05) is 13.8 Å². The molecule has 0 heterocycles. The van der Waals surface area contributed by atoms with Crippen molar-refractivity contribution in [3.63, 3.8) is 0 Å². The molecule has 0 radical (unpaired) electrons. The van der Waals surface area contributed by atoms with Gasteiger partial charge in [-0.3, -0.25) is 0 Å². The molecule has 52 valence electrons. The van der Waals surface area contributed by atoms with Gasteiger partial charge < -0.3 is 9.90 Å². The molecule has 2 nitrogen and oxygen atoms in total. The van der Waals surface area contributed by atoms with Gasteiger partial charge in [0.25, 0.3) is 0 Å². The summed E-state index contributed by atoms with van der Waals surface area (Å²) in [7, 11) is 0. The molecule has 0 bridgehead atoms. The minimum absolute atomic E-state index is 0. The summed E-state index contributed by atoms with van der Waals surface area (Å²) in [5.74, 6) is -0.601.